The van der Waals surface area contributed by atoms with Gasteiger partial charge in [0, 0.05) is 18.7 Å². The molecule has 8 nitrogen and oxygen atoms in total. The van der Waals surface area contributed by atoms with Crippen LogP contribution < -0.4 is 15.5 Å². The molecule has 0 spiro atoms. The summed E-state index contributed by atoms with van der Waals surface area (Å²) in [6.45, 7) is -1.79. The molecule has 1 aliphatic rings. The number of hydrazone groups is 1. The number of benzene rings is 2. The van der Waals surface area contributed by atoms with Crippen molar-refractivity contribution < 1.29 is 26.7 Å². The van der Waals surface area contributed by atoms with Crippen molar-refractivity contribution in [1.82, 2.24) is 9.73 Å². The van der Waals surface area contributed by atoms with E-state index in [-0.39, 0.29) is 39.6 Å². The van der Waals surface area contributed by atoms with Gasteiger partial charge >= 0.3 is 6.61 Å². The molecule has 0 bridgehead atoms. The highest BCUT2D eigenvalue weighted by atomic mass is 35.5. The second-order valence-electron chi connectivity index (χ2n) is 6.40. The van der Waals surface area contributed by atoms with Gasteiger partial charge in [-0.3, -0.25) is 5.43 Å². The maximum Gasteiger partial charge on any atom is 0.387 e. The summed E-state index contributed by atoms with van der Waals surface area (Å²) in [5, 5.41) is 6.92. The molecule has 0 aromatic heterocycles. The molecule has 2 aromatic carbocycles. The lowest BCUT2D eigenvalue weighted by Crippen LogP contribution is -2.40. The van der Waals surface area contributed by atoms with Crippen molar-refractivity contribution in [3.05, 3.63) is 53.1 Å². The summed E-state index contributed by atoms with van der Waals surface area (Å²) in [6.07, 6.45) is 1.26. The van der Waals surface area contributed by atoms with Crippen LogP contribution in [-0.4, -0.2) is 57.0 Å². The fourth-order valence-electron chi connectivity index (χ4n) is 2.80. The second kappa shape index (κ2) is 11.0. The lowest BCUT2D eigenvalue weighted by Gasteiger charge is -2.26. The molecule has 1 saturated heterocycles. The number of rotatable bonds is 7. The van der Waals surface area contributed by atoms with Crippen LogP contribution in [0.25, 0.3) is 0 Å². The van der Waals surface area contributed by atoms with E-state index in [4.69, 9.17) is 28.6 Å². The maximum absolute atomic E-state index is 12.8. The van der Waals surface area contributed by atoms with Gasteiger partial charge in [0.05, 0.1) is 35.0 Å². The first-order chi connectivity index (χ1) is 15.3. The molecule has 172 valence electrons. The number of ether oxygens (including phenoxy) is 2. The van der Waals surface area contributed by atoms with E-state index in [0.717, 1.165) is 0 Å². The quantitative estimate of drug-likeness (QED) is 0.339. The van der Waals surface area contributed by atoms with E-state index < -0.39 is 16.6 Å². The molecule has 0 aliphatic carbocycles. The molecule has 1 fully saturated rings. The molecule has 2 N–H and O–H groups in total. The van der Waals surface area contributed by atoms with Gasteiger partial charge in [-0.2, -0.15) is 18.2 Å². The van der Waals surface area contributed by atoms with Crippen LogP contribution in [0.15, 0.2) is 52.5 Å². The molecule has 1 heterocycles. The van der Waals surface area contributed by atoms with E-state index in [1.54, 1.807) is 12.1 Å². The van der Waals surface area contributed by atoms with Crippen molar-refractivity contribution in [3.8, 4) is 5.75 Å². The molecule has 1 aliphatic heterocycles. The highest BCUT2D eigenvalue weighted by Gasteiger charge is 2.27. The summed E-state index contributed by atoms with van der Waals surface area (Å²) >= 11 is 11.3. The van der Waals surface area contributed by atoms with E-state index in [1.807, 2.05) is 0 Å². The fourth-order valence-corrected chi connectivity index (χ4v) is 4.56. The maximum atomic E-state index is 12.8. The number of para-hydroxylation sites is 1. The number of alkyl halides is 2. The van der Waals surface area contributed by atoms with Crippen LogP contribution >= 0.6 is 23.8 Å². The van der Waals surface area contributed by atoms with Crippen molar-refractivity contribution in [1.29, 1.82) is 0 Å². The van der Waals surface area contributed by atoms with Gasteiger partial charge in [-0.15, -0.1) is 0 Å². The molecule has 0 radical (unpaired) electrons. The first-order valence-electron chi connectivity index (χ1n) is 9.29. The molecule has 2 aromatic rings. The predicted molar refractivity (Wildman–Crippen MR) is 121 cm³/mol. The van der Waals surface area contributed by atoms with Crippen LogP contribution in [-0.2, 0) is 14.8 Å². The van der Waals surface area contributed by atoms with Crippen molar-refractivity contribution in [2.24, 2.45) is 5.10 Å². The molecule has 13 heteroatoms. The van der Waals surface area contributed by atoms with E-state index in [9.17, 15) is 17.2 Å². The minimum Gasteiger partial charge on any atom is -0.434 e. The molecule has 0 saturated carbocycles. The standard InChI is InChI=1S/C19H19ClF2N4O4S2/c20-15-6-5-14(32(27,28)26-7-9-29-10-8-26)11-16(15)24-19(31)25-23-12-13-3-1-2-4-17(13)30-18(21)22/h1-6,11-12,18H,7-10H2,(H2,24,25,31). The number of hydrogen-bond donors (Lipinski definition) is 2. The Morgan fingerprint density at radius 1 is 1.25 bits per heavy atom. The highest BCUT2D eigenvalue weighted by molar-refractivity contribution is 7.89. The highest BCUT2D eigenvalue weighted by Crippen LogP contribution is 2.27. The second-order valence-corrected chi connectivity index (χ2v) is 9.15. The van der Waals surface area contributed by atoms with E-state index in [0.29, 0.717) is 18.8 Å². The molecular weight excluding hydrogens is 486 g/mol. The van der Waals surface area contributed by atoms with Gasteiger partial charge in [0.2, 0.25) is 10.0 Å². The van der Waals surface area contributed by atoms with Gasteiger partial charge in [0.1, 0.15) is 5.75 Å². The predicted octanol–water partition coefficient (Wildman–Crippen LogP) is 3.28. The monoisotopic (exact) mass is 504 g/mol. The number of sulfonamides is 1. The minimum absolute atomic E-state index is 0.0105. The molecular formula is C19H19ClF2N4O4S2. The summed E-state index contributed by atoms with van der Waals surface area (Å²) < 4.78 is 61.6. The van der Waals surface area contributed by atoms with Crippen LogP contribution in [0.4, 0.5) is 14.5 Å². The normalized spacial score (nSPS) is 15.1. The molecule has 32 heavy (non-hydrogen) atoms. The number of morpholine rings is 1. The molecule has 0 unspecified atom stereocenters. The van der Waals surface area contributed by atoms with E-state index >= 15 is 0 Å². The van der Waals surface area contributed by atoms with Crippen molar-refractivity contribution in [2.45, 2.75) is 11.5 Å². The lowest BCUT2D eigenvalue weighted by atomic mass is 10.2. The average molecular weight is 505 g/mol. The van der Waals surface area contributed by atoms with Crippen molar-refractivity contribution in [2.75, 3.05) is 31.6 Å². The van der Waals surface area contributed by atoms with Gasteiger partial charge in [-0.25, -0.2) is 8.42 Å². The van der Waals surface area contributed by atoms with Crippen LogP contribution in [0, 0.1) is 0 Å². The fraction of sp³-hybridized carbons (Fsp3) is 0.263. The van der Waals surface area contributed by atoms with Crippen molar-refractivity contribution in [3.63, 3.8) is 0 Å². The minimum atomic E-state index is -3.72. The Morgan fingerprint density at radius 3 is 2.69 bits per heavy atom. The molecule has 0 amide bonds. The molecule has 0 atom stereocenters. The third kappa shape index (κ3) is 6.33. The van der Waals surface area contributed by atoms with Gasteiger partial charge < -0.3 is 14.8 Å². The van der Waals surface area contributed by atoms with Crippen molar-refractivity contribution >= 4 is 50.9 Å². The number of thiocarbonyl (C=S) groups is 1. The van der Waals surface area contributed by atoms with E-state index in [2.05, 4.69) is 20.6 Å². The Labute approximate surface area is 194 Å². The third-order valence-electron chi connectivity index (χ3n) is 4.30. The Balaban J connectivity index is 1.68. The van der Waals surface area contributed by atoms with Crippen LogP contribution in [0.1, 0.15) is 5.56 Å². The summed E-state index contributed by atoms with van der Waals surface area (Å²) in [5.41, 5.74) is 3.09. The zero-order chi connectivity index (χ0) is 23.1. The van der Waals surface area contributed by atoms with Gasteiger partial charge in [-0.1, -0.05) is 23.7 Å². The zero-order valence-corrected chi connectivity index (χ0v) is 18.9. The summed E-state index contributed by atoms with van der Waals surface area (Å²) in [4.78, 5) is 0.0516. The number of nitrogens with one attached hydrogen (secondary N) is 2. The number of anilines is 1. The first-order valence-corrected chi connectivity index (χ1v) is 11.5. The first kappa shape index (κ1) is 24.3. The number of halogens is 3. The average Bonchev–Trinajstić information content (AvgIpc) is 2.76. The van der Waals surface area contributed by atoms with Crippen LogP contribution in [0.5, 0.6) is 5.75 Å². The lowest BCUT2D eigenvalue weighted by molar-refractivity contribution is -0.0499. The smallest absolute Gasteiger partial charge is 0.387 e. The Kier molecular flexibility index (Phi) is 8.32. The molecule has 3 rings (SSSR count). The summed E-state index contributed by atoms with van der Waals surface area (Å²) in [5.74, 6) is -0.0454. The van der Waals surface area contributed by atoms with Crippen LogP contribution in [0.3, 0.4) is 0 Å². The van der Waals surface area contributed by atoms with Crippen LogP contribution in [0.2, 0.25) is 5.02 Å². The summed E-state index contributed by atoms with van der Waals surface area (Å²) in [6, 6.07) is 10.3. The van der Waals surface area contributed by atoms with E-state index in [1.165, 1.54) is 40.9 Å². The summed E-state index contributed by atoms with van der Waals surface area (Å²) in [7, 11) is -3.72. The third-order valence-corrected chi connectivity index (χ3v) is 6.72. The van der Waals surface area contributed by atoms with Gasteiger partial charge in [-0.05, 0) is 42.5 Å². The number of nitrogens with zero attached hydrogens (tertiary/aromatic N) is 2. The number of hydrogen-bond acceptors (Lipinski definition) is 6. The van der Waals surface area contributed by atoms with Gasteiger partial charge in [0.25, 0.3) is 0 Å². The Hall–Kier alpha value is -2.38. The topological polar surface area (TPSA) is 92.3 Å². The Bertz CT molecular complexity index is 1100. The Morgan fingerprint density at radius 2 is 1.97 bits per heavy atom. The van der Waals surface area contributed by atoms with Gasteiger partial charge in [0.15, 0.2) is 5.11 Å². The largest absolute Gasteiger partial charge is 0.434 e. The SMILES string of the molecule is O=S(=O)(c1ccc(Cl)c(NC(=S)NN=Cc2ccccc2OC(F)F)c1)N1CCOCC1. The zero-order valence-electron chi connectivity index (χ0n) is 16.5.